The van der Waals surface area contributed by atoms with Crippen LogP contribution in [-0.4, -0.2) is 27.0 Å². The van der Waals surface area contributed by atoms with Crippen molar-refractivity contribution < 1.29 is 4.79 Å². The highest BCUT2D eigenvalue weighted by Gasteiger charge is 2.17. The maximum atomic E-state index is 11.5. The molecule has 0 saturated carbocycles. The smallest absolute Gasteiger partial charge is 0.159 e. The number of hydrogen-bond acceptors (Lipinski definition) is 7. The Bertz CT molecular complexity index is 691. The van der Waals surface area contributed by atoms with Crippen LogP contribution in [-0.2, 0) is 0 Å². The molecule has 0 amide bonds. The molecule has 2 rings (SSSR count). The van der Waals surface area contributed by atoms with Crippen molar-refractivity contribution in [3.05, 3.63) is 35.4 Å². The summed E-state index contributed by atoms with van der Waals surface area (Å²) in [5, 5.41) is 0.732. The van der Waals surface area contributed by atoms with Gasteiger partial charge < -0.3 is 5.73 Å². The third-order valence-electron chi connectivity index (χ3n) is 3.11. The first-order valence-electron chi connectivity index (χ1n) is 6.31. The molecule has 2 aromatic heterocycles. The topological polar surface area (TPSA) is 81.8 Å². The minimum atomic E-state index is -0.161. The Morgan fingerprint density at radius 3 is 2.76 bits per heavy atom. The molecule has 0 aliphatic rings. The van der Waals surface area contributed by atoms with Crippen LogP contribution in [0.15, 0.2) is 28.3 Å². The highest BCUT2D eigenvalue weighted by atomic mass is 32.2. The zero-order valence-corrected chi connectivity index (χ0v) is 13.7. The molecule has 0 aliphatic carbocycles. The molecule has 7 heteroatoms. The number of anilines is 1. The van der Waals surface area contributed by atoms with Gasteiger partial charge in [-0.15, -0.1) is 24.4 Å². The van der Waals surface area contributed by atoms with Gasteiger partial charge in [-0.05, 0) is 32.2 Å². The van der Waals surface area contributed by atoms with Gasteiger partial charge >= 0.3 is 0 Å². The second kappa shape index (κ2) is 6.44. The molecule has 0 aromatic carbocycles. The van der Waals surface area contributed by atoms with E-state index in [0.29, 0.717) is 22.1 Å². The highest BCUT2D eigenvalue weighted by molar-refractivity contribution is 7.99. The van der Waals surface area contributed by atoms with Gasteiger partial charge in [0.1, 0.15) is 16.7 Å². The van der Waals surface area contributed by atoms with Crippen LogP contribution in [0.4, 0.5) is 5.82 Å². The molecule has 5 nitrogen and oxygen atoms in total. The maximum Gasteiger partial charge on any atom is 0.159 e. The highest BCUT2D eigenvalue weighted by Crippen LogP contribution is 2.29. The van der Waals surface area contributed by atoms with Crippen molar-refractivity contribution >= 4 is 36.0 Å². The molecule has 0 saturated heterocycles. The summed E-state index contributed by atoms with van der Waals surface area (Å²) < 4.78 is 0. The Balaban J connectivity index is 2.44. The molecule has 110 valence electrons. The average Bonchev–Trinajstić information content (AvgIpc) is 2.49. The standard InChI is InChI=1S/C14H16N4OS2/c1-7(10-6-9(8(2)19)4-5-16-10)13-17-12(15)11(20)14(18-13)21-3/h4-7,20H,1-3H3,(H2,15,17,18). The number of aromatic nitrogens is 3. The third kappa shape index (κ3) is 3.36. The SMILES string of the molecule is CSc1nc(C(C)c2cc(C(C)=O)ccn2)nc(N)c1S. The van der Waals surface area contributed by atoms with Crippen LogP contribution in [0.2, 0.25) is 0 Å². The van der Waals surface area contributed by atoms with Crippen molar-refractivity contribution in [1.29, 1.82) is 0 Å². The molecule has 2 aromatic rings. The molecule has 2 N–H and O–H groups in total. The van der Waals surface area contributed by atoms with Crippen LogP contribution in [0.3, 0.4) is 0 Å². The van der Waals surface area contributed by atoms with Gasteiger partial charge in [0, 0.05) is 11.8 Å². The molecule has 0 bridgehead atoms. The Labute approximate surface area is 133 Å². The van der Waals surface area contributed by atoms with Crippen LogP contribution < -0.4 is 5.73 Å². The molecule has 2 heterocycles. The monoisotopic (exact) mass is 320 g/mol. The second-order valence-electron chi connectivity index (χ2n) is 4.57. The quantitative estimate of drug-likeness (QED) is 0.390. The first-order chi connectivity index (χ1) is 9.93. The molecule has 21 heavy (non-hydrogen) atoms. The van der Waals surface area contributed by atoms with E-state index in [9.17, 15) is 4.79 Å². The summed E-state index contributed by atoms with van der Waals surface area (Å²) in [6.45, 7) is 3.46. The lowest BCUT2D eigenvalue weighted by atomic mass is 10.0. The van der Waals surface area contributed by atoms with Crippen LogP contribution in [0, 0.1) is 0 Å². The minimum Gasteiger partial charge on any atom is -0.383 e. The van der Waals surface area contributed by atoms with Crippen molar-refractivity contribution in [2.45, 2.75) is 29.7 Å². The Morgan fingerprint density at radius 1 is 1.43 bits per heavy atom. The number of thiol groups is 1. The van der Waals surface area contributed by atoms with Crippen LogP contribution in [0.1, 0.15) is 41.6 Å². The van der Waals surface area contributed by atoms with E-state index in [-0.39, 0.29) is 11.7 Å². The summed E-state index contributed by atoms with van der Waals surface area (Å²) in [6.07, 6.45) is 3.53. The van der Waals surface area contributed by atoms with Gasteiger partial charge in [-0.1, -0.05) is 0 Å². The number of hydrogen-bond donors (Lipinski definition) is 2. The number of rotatable bonds is 4. The van der Waals surface area contributed by atoms with Crippen molar-refractivity contribution in [1.82, 2.24) is 15.0 Å². The Hall–Kier alpha value is -1.60. The van der Waals surface area contributed by atoms with E-state index in [2.05, 4.69) is 27.6 Å². The number of ketones is 1. The van der Waals surface area contributed by atoms with Crippen molar-refractivity contribution in [2.75, 3.05) is 12.0 Å². The number of thioether (sulfide) groups is 1. The van der Waals surface area contributed by atoms with Gasteiger partial charge in [0.15, 0.2) is 5.78 Å². The third-order valence-corrected chi connectivity index (χ3v) is 4.38. The maximum absolute atomic E-state index is 11.5. The summed E-state index contributed by atoms with van der Waals surface area (Å²) in [4.78, 5) is 25.1. The molecule has 0 spiro atoms. The van der Waals surface area contributed by atoms with Gasteiger partial charge in [-0.2, -0.15) is 0 Å². The Morgan fingerprint density at radius 2 is 2.14 bits per heavy atom. The van der Waals surface area contributed by atoms with Crippen molar-refractivity contribution in [3.8, 4) is 0 Å². The largest absolute Gasteiger partial charge is 0.383 e. The van der Waals surface area contributed by atoms with Crippen molar-refractivity contribution in [3.63, 3.8) is 0 Å². The zero-order valence-electron chi connectivity index (χ0n) is 12.0. The minimum absolute atomic E-state index is 0.00166. The molecular formula is C14H16N4OS2. The number of nitrogens with zero attached hydrogens (tertiary/aromatic N) is 3. The molecule has 1 atom stereocenters. The molecular weight excluding hydrogens is 304 g/mol. The van der Waals surface area contributed by atoms with E-state index in [4.69, 9.17) is 5.73 Å². The van der Waals surface area contributed by atoms with Gasteiger partial charge in [0.05, 0.1) is 16.5 Å². The summed E-state index contributed by atoms with van der Waals surface area (Å²) >= 11 is 5.77. The van der Waals surface area contributed by atoms with Crippen LogP contribution in [0.5, 0.6) is 0 Å². The number of carbonyl (C=O) groups excluding carboxylic acids is 1. The van der Waals surface area contributed by atoms with Gasteiger partial charge in [-0.25, -0.2) is 9.97 Å². The lowest BCUT2D eigenvalue weighted by Crippen LogP contribution is -2.09. The summed E-state index contributed by atoms with van der Waals surface area (Å²) in [5.74, 6) is 0.762. The first-order valence-corrected chi connectivity index (χ1v) is 7.98. The number of nitrogen functional groups attached to an aromatic ring is 1. The van der Waals surface area contributed by atoms with Gasteiger partial charge in [0.2, 0.25) is 0 Å². The molecule has 1 unspecified atom stereocenters. The number of Topliss-reactive ketones (excluding diaryl/α,β-unsaturated/α-hetero) is 1. The fourth-order valence-electron chi connectivity index (χ4n) is 1.84. The van der Waals surface area contributed by atoms with E-state index in [1.54, 1.807) is 18.3 Å². The zero-order chi connectivity index (χ0) is 15.6. The lowest BCUT2D eigenvalue weighted by molar-refractivity contribution is 0.101. The predicted molar refractivity (Wildman–Crippen MR) is 87.2 cm³/mol. The number of nitrogens with two attached hydrogens (primary N) is 1. The summed E-state index contributed by atoms with van der Waals surface area (Å²) in [5.41, 5.74) is 7.23. The summed E-state index contributed by atoms with van der Waals surface area (Å²) in [6, 6.07) is 3.46. The van der Waals surface area contributed by atoms with Crippen molar-refractivity contribution in [2.24, 2.45) is 0 Å². The average molecular weight is 320 g/mol. The predicted octanol–water partition coefficient (Wildman–Crippen LogP) is 2.82. The van der Waals surface area contributed by atoms with E-state index < -0.39 is 0 Å². The van der Waals surface area contributed by atoms with E-state index in [0.717, 1.165) is 10.7 Å². The fourth-order valence-corrected chi connectivity index (χ4v) is 2.70. The molecule has 0 radical (unpaired) electrons. The molecule has 0 aliphatic heterocycles. The second-order valence-corrected chi connectivity index (χ2v) is 5.81. The number of pyridine rings is 1. The lowest BCUT2D eigenvalue weighted by Gasteiger charge is -2.13. The van der Waals surface area contributed by atoms with Gasteiger partial charge in [0.25, 0.3) is 0 Å². The first kappa shape index (κ1) is 15.8. The fraction of sp³-hybridized carbons (Fsp3) is 0.286. The number of carbonyl (C=O) groups is 1. The molecule has 0 fully saturated rings. The van der Waals surface area contributed by atoms with Crippen LogP contribution in [0.25, 0.3) is 0 Å². The normalized spacial score (nSPS) is 12.2. The van der Waals surface area contributed by atoms with E-state index >= 15 is 0 Å². The summed E-state index contributed by atoms with van der Waals surface area (Å²) in [7, 11) is 0. The van der Waals surface area contributed by atoms with Gasteiger partial charge in [-0.3, -0.25) is 9.78 Å². The Kier molecular flexibility index (Phi) is 4.84. The van der Waals surface area contributed by atoms with Crippen LogP contribution >= 0.6 is 24.4 Å². The van der Waals surface area contributed by atoms with E-state index in [1.165, 1.54) is 18.7 Å². The van der Waals surface area contributed by atoms with E-state index in [1.807, 2.05) is 13.2 Å².